The highest BCUT2D eigenvalue weighted by Gasteiger charge is 2.52. The molecule has 0 spiro atoms. The Bertz CT molecular complexity index is 1220. The van der Waals surface area contributed by atoms with Crippen LogP contribution in [0.3, 0.4) is 0 Å². The zero-order valence-corrected chi connectivity index (χ0v) is 16.3. The van der Waals surface area contributed by atoms with Gasteiger partial charge in [-0.3, -0.25) is 4.98 Å². The van der Waals surface area contributed by atoms with Gasteiger partial charge < -0.3 is 5.11 Å². The summed E-state index contributed by atoms with van der Waals surface area (Å²) in [6, 6.07) is 25.3. The lowest BCUT2D eigenvalue weighted by Gasteiger charge is -2.33. The van der Waals surface area contributed by atoms with Crippen LogP contribution in [-0.2, 0) is 6.54 Å². The average Bonchev–Trinajstić information content (AvgIpc) is 3.07. The SMILES string of the molecule is OC1c2ccc3ccccc3[n+]2C2C1CCCN2Cc1ccc2ccccc2n1. The van der Waals surface area contributed by atoms with Crippen LogP contribution in [0.15, 0.2) is 72.8 Å². The van der Waals surface area contributed by atoms with E-state index in [2.05, 4.69) is 76.2 Å². The van der Waals surface area contributed by atoms with Crippen molar-refractivity contribution in [2.75, 3.05) is 6.54 Å². The molecule has 1 fully saturated rings. The van der Waals surface area contributed by atoms with E-state index < -0.39 is 6.10 Å². The van der Waals surface area contributed by atoms with E-state index in [9.17, 15) is 5.11 Å². The van der Waals surface area contributed by atoms with Gasteiger partial charge in [0.1, 0.15) is 6.10 Å². The molecule has 4 aromatic rings. The average molecular weight is 382 g/mol. The van der Waals surface area contributed by atoms with Crippen molar-refractivity contribution in [1.82, 2.24) is 9.88 Å². The molecular weight excluding hydrogens is 358 g/mol. The molecule has 144 valence electrons. The van der Waals surface area contributed by atoms with Crippen molar-refractivity contribution in [3.63, 3.8) is 0 Å². The zero-order chi connectivity index (χ0) is 19.4. The van der Waals surface area contributed by atoms with Gasteiger partial charge in [-0.2, -0.15) is 4.57 Å². The molecule has 1 saturated heterocycles. The maximum Gasteiger partial charge on any atom is 0.221 e. The molecular formula is C25H24N3O+. The molecule has 4 heterocycles. The number of pyridine rings is 2. The van der Waals surface area contributed by atoms with Gasteiger partial charge in [-0.05, 0) is 37.1 Å². The van der Waals surface area contributed by atoms with Crippen LogP contribution in [0, 0.1) is 5.92 Å². The summed E-state index contributed by atoms with van der Waals surface area (Å²) in [5.41, 5.74) is 4.38. The maximum absolute atomic E-state index is 11.1. The lowest BCUT2D eigenvalue weighted by molar-refractivity contribution is -0.721. The summed E-state index contributed by atoms with van der Waals surface area (Å²) < 4.78 is 2.38. The third-order valence-electron chi connectivity index (χ3n) is 6.64. The molecule has 0 radical (unpaired) electrons. The van der Waals surface area contributed by atoms with Crippen molar-refractivity contribution < 1.29 is 9.67 Å². The van der Waals surface area contributed by atoms with E-state index in [1.165, 1.54) is 16.3 Å². The van der Waals surface area contributed by atoms with Gasteiger partial charge in [0.2, 0.25) is 17.4 Å². The molecule has 0 bridgehead atoms. The first-order valence-corrected chi connectivity index (χ1v) is 10.5. The number of fused-ring (bicyclic) bond motifs is 6. The molecule has 6 rings (SSSR count). The van der Waals surface area contributed by atoms with E-state index in [0.717, 1.165) is 42.8 Å². The number of likely N-dealkylation sites (tertiary alicyclic amines) is 1. The van der Waals surface area contributed by atoms with E-state index >= 15 is 0 Å². The lowest BCUT2D eigenvalue weighted by Crippen LogP contribution is -2.52. The highest BCUT2D eigenvalue weighted by Crippen LogP contribution is 2.43. The van der Waals surface area contributed by atoms with Gasteiger partial charge in [-0.15, -0.1) is 0 Å². The number of nitrogens with zero attached hydrogens (tertiary/aromatic N) is 3. The van der Waals surface area contributed by atoms with E-state index in [1.807, 2.05) is 6.07 Å². The number of piperidine rings is 1. The summed E-state index contributed by atoms with van der Waals surface area (Å²) in [5.74, 6) is 0.231. The molecule has 3 unspecified atom stereocenters. The summed E-state index contributed by atoms with van der Waals surface area (Å²) in [6.45, 7) is 1.83. The smallest absolute Gasteiger partial charge is 0.221 e. The van der Waals surface area contributed by atoms with Crippen LogP contribution in [0.1, 0.15) is 36.5 Å². The monoisotopic (exact) mass is 382 g/mol. The molecule has 3 atom stereocenters. The summed E-state index contributed by atoms with van der Waals surface area (Å²) in [6.07, 6.45) is 1.94. The van der Waals surface area contributed by atoms with Crippen molar-refractivity contribution in [2.24, 2.45) is 5.92 Å². The predicted octanol–water partition coefficient (Wildman–Crippen LogP) is 4.13. The fourth-order valence-electron chi connectivity index (χ4n) is 5.33. The molecule has 2 aromatic heterocycles. The normalized spacial score (nSPS) is 24.0. The summed E-state index contributed by atoms with van der Waals surface area (Å²) in [7, 11) is 0. The third-order valence-corrected chi connectivity index (χ3v) is 6.64. The molecule has 2 aromatic carbocycles. The number of para-hydroxylation sites is 2. The minimum atomic E-state index is -0.406. The highest BCUT2D eigenvalue weighted by molar-refractivity contribution is 5.78. The van der Waals surface area contributed by atoms with Crippen molar-refractivity contribution in [1.29, 1.82) is 0 Å². The molecule has 4 heteroatoms. The predicted molar refractivity (Wildman–Crippen MR) is 113 cm³/mol. The van der Waals surface area contributed by atoms with Gasteiger partial charge in [-0.25, -0.2) is 4.90 Å². The highest BCUT2D eigenvalue weighted by atomic mass is 16.3. The van der Waals surface area contributed by atoms with Crippen LogP contribution in [0.4, 0.5) is 0 Å². The number of hydrogen-bond donors (Lipinski definition) is 1. The van der Waals surface area contributed by atoms with Gasteiger partial charge in [0, 0.05) is 36.0 Å². The summed E-state index contributed by atoms with van der Waals surface area (Å²) in [4.78, 5) is 7.42. The maximum atomic E-state index is 11.1. The quantitative estimate of drug-likeness (QED) is 0.530. The standard InChI is InChI=1S/C25H24N3O/c29-24-20-8-5-15-27(16-19-13-11-17-6-1-3-9-21(17)26-19)25(20)28-22-10-4-2-7-18(22)12-14-23(24)28/h1-4,6-7,9-14,20,24-25,29H,5,8,15-16H2/q+1. The molecule has 1 N–H and O–H groups in total. The Labute approximate surface area is 170 Å². The molecule has 2 aliphatic rings. The van der Waals surface area contributed by atoms with Crippen LogP contribution in [0.25, 0.3) is 21.8 Å². The van der Waals surface area contributed by atoms with Gasteiger partial charge >= 0.3 is 0 Å². The number of aliphatic hydroxyl groups excluding tert-OH is 1. The summed E-state index contributed by atoms with van der Waals surface area (Å²) in [5, 5.41) is 13.5. The Kier molecular flexibility index (Phi) is 3.89. The van der Waals surface area contributed by atoms with E-state index in [0.29, 0.717) is 0 Å². The Morgan fingerprint density at radius 2 is 1.72 bits per heavy atom. The van der Waals surface area contributed by atoms with Crippen molar-refractivity contribution >= 4 is 21.8 Å². The lowest BCUT2D eigenvalue weighted by atomic mass is 9.91. The number of benzene rings is 2. The largest absolute Gasteiger partial charge is 0.381 e. The zero-order valence-electron chi connectivity index (χ0n) is 16.3. The van der Waals surface area contributed by atoms with E-state index in [-0.39, 0.29) is 12.1 Å². The molecule has 0 saturated carbocycles. The Balaban J connectivity index is 1.43. The number of aliphatic hydroxyl groups is 1. The van der Waals surface area contributed by atoms with Crippen LogP contribution >= 0.6 is 0 Å². The minimum absolute atomic E-state index is 0.174. The first kappa shape index (κ1) is 17.1. The van der Waals surface area contributed by atoms with Gasteiger partial charge in [-0.1, -0.05) is 36.4 Å². The fraction of sp³-hybridized carbons (Fsp3) is 0.280. The topological polar surface area (TPSA) is 40.2 Å². The van der Waals surface area contributed by atoms with Crippen LogP contribution in [0.2, 0.25) is 0 Å². The van der Waals surface area contributed by atoms with E-state index in [1.54, 1.807) is 0 Å². The number of aromatic nitrogens is 2. The number of hydrogen-bond acceptors (Lipinski definition) is 3. The second kappa shape index (κ2) is 6.61. The van der Waals surface area contributed by atoms with E-state index in [4.69, 9.17) is 4.98 Å². The Morgan fingerprint density at radius 3 is 2.66 bits per heavy atom. The minimum Gasteiger partial charge on any atom is -0.381 e. The van der Waals surface area contributed by atoms with Gasteiger partial charge in [0.15, 0.2) is 0 Å². The van der Waals surface area contributed by atoms with Crippen molar-refractivity contribution in [3.05, 3.63) is 84.2 Å². The van der Waals surface area contributed by atoms with Crippen LogP contribution in [-0.4, -0.2) is 21.5 Å². The number of rotatable bonds is 2. The van der Waals surface area contributed by atoms with Crippen molar-refractivity contribution in [3.8, 4) is 0 Å². The van der Waals surface area contributed by atoms with Gasteiger partial charge in [0.05, 0.1) is 17.1 Å². The molecule has 2 aliphatic heterocycles. The molecule has 0 amide bonds. The second-order valence-corrected chi connectivity index (χ2v) is 8.32. The van der Waals surface area contributed by atoms with Crippen molar-refractivity contribution in [2.45, 2.75) is 31.7 Å². The first-order chi connectivity index (χ1) is 14.3. The van der Waals surface area contributed by atoms with Gasteiger partial charge in [0.25, 0.3) is 0 Å². The Morgan fingerprint density at radius 1 is 0.931 bits per heavy atom. The third kappa shape index (κ3) is 2.67. The molecule has 29 heavy (non-hydrogen) atoms. The fourth-order valence-corrected chi connectivity index (χ4v) is 5.33. The molecule has 4 nitrogen and oxygen atoms in total. The summed E-state index contributed by atoms with van der Waals surface area (Å²) >= 11 is 0. The Hall–Kier alpha value is -2.82. The molecule has 0 aliphatic carbocycles. The second-order valence-electron chi connectivity index (χ2n) is 8.32. The van der Waals surface area contributed by atoms with Crippen LogP contribution < -0.4 is 4.57 Å². The van der Waals surface area contributed by atoms with Crippen LogP contribution in [0.5, 0.6) is 0 Å². The first-order valence-electron chi connectivity index (χ1n) is 10.5.